The van der Waals surface area contributed by atoms with Crippen LogP contribution in [0.3, 0.4) is 0 Å². The standard InChI is InChI=1S/C18H24N4O3/c1-11-19-14(17(23)22-18(2,3)4)10-16(20-11)21-13-8-7-12(24-5)9-15(13)25-6/h7-10H,1-6H3,(H,22,23)(H,19,20,21). The molecule has 1 amide bonds. The monoisotopic (exact) mass is 344 g/mol. The van der Waals surface area contributed by atoms with Gasteiger partial charge < -0.3 is 20.1 Å². The first-order valence-electron chi connectivity index (χ1n) is 7.89. The van der Waals surface area contributed by atoms with Crippen LogP contribution in [-0.2, 0) is 0 Å². The van der Waals surface area contributed by atoms with Gasteiger partial charge in [0.05, 0.1) is 19.9 Å². The van der Waals surface area contributed by atoms with E-state index in [2.05, 4.69) is 20.6 Å². The maximum Gasteiger partial charge on any atom is 0.270 e. The molecule has 2 N–H and O–H groups in total. The molecule has 7 nitrogen and oxygen atoms in total. The number of ether oxygens (including phenoxy) is 2. The number of nitrogens with one attached hydrogen (secondary N) is 2. The predicted molar refractivity (Wildman–Crippen MR) is 96.8 cm³/mol. The van der Waals surface area contributed by atoms with Crippen molar-refractivity contribution in [1.82, 2.24) is 15.3 Å². The van der Waals surface area contributed by atoms with Gasteiger partial charge in [-0.2, -0.15) is 0 Å². The van der Waals surface area contributed by atoms with Crippen LogP contribution in [-0.4, -0.2) is 35.6 Å². The number of aryl methyl sites for hydroxylation is 1. The minimum Gasteiger partial charge on any atom is -0.497 e. The molecule has 0 spiro atoms. The highest BCUT2D eigenvalue weighted by atomic mass is 16.5. The average Bonchev–Trinajstić information content (AvgIpc) is 2.53. The van der Waals surface area contributed by atoms with E-state index in [1.54, 1.807) is 33.3 Å². The highest BCUT2D eigenvalue weighted by Gasteiger charge is 2.18. The van der Waals surface area contributed by atoms with Gasteiger partial charge in [-0.15, -0.1) is 0 Å². The van der Waals surface area contributed by atoms with Crippen molar-refractivity contribution >= 4 is 17.4 Å². The van der Waals surface area contributed by atoms with E-state index < -0.39 is 0 Å². The molecule has 0 aliphatic carbocycles. The molecule has 0 bridgehead atoms. The fraction of sp³-hybridized carbons (Fsp3) is 0.389. The molecule has 0 atom stereocenters. The van der Waals surface area contributed by atoms with Crippen LogP contribution in [0.25, 0.3) is 0 Å². The van der Waals surface area contributed by atoms with E-state index in [0.717, 1.165) is 0 Å². The van der Waals surface area contributed by atoms with E-state index in [1.807, 2.05) is 32.9 Å². The molecule has 0 aliphatic heterocycles. The summed E-state index contributed by atoms with van der Waals surface area (Å²) in [5.41, 5.74) is 0.670. The third-order valence-corrected chi connectivity index (χ3v) is 3.23. The predicted octanol–water partition coefficient (Wildman–Crippen LogP) is 3.07. The van der Waals surface area contributed by atoms with Crippen molar-refractivity contribution in [3.63, 3.8) is 0 Å². The van der Waals surface area contributed by atoms with Gasteiger partial charge in [-0.25, -0.2) is 9.97 Å². The Kier molecular flexibility index (Phi) is 5.46. The fourth-order valence-electron chi connectivity index (χ4n) is 2.19. The number of carbonyl (C=O) groups is 1. The summed E-state index contributed by atoms with van der Waals surface area (Å²) in [7, 11) is 3.17. The molecule has 0 fully saturated rings. The molecule has 1 aromatic heterocycles. The minimum atomic E-state index is -0.345. The number of amides is 1. The van der Waals surface area contributed by atoms with Crippen molar-refractivity contribution < 1.29 is 14.3 Å². The number of hydrogen-bond acceptors (Lipinski definition) is 6. The summed E-state index contributed by atoms with van der Waals surface area (Å²) >= 11 is 0. The molecule has 1 aromatic carbocycles. The molecule has 2 rings (SSSR count). The van der Waals surface area contributed by atoms with Crippen LogP contribution in [0.5, 0.6) is 11.5 Å². The van der Waals surface area contributed by atoms with Crippen LogP contribution < -0.4 is 20.1 Å². The Morgan fingerprint density at radius 3 is 2.40 bits per heavy atom. The summed E-state index contributed by atoms with van der Waals surface area (Å²) in [4.78, 5) is 20.9. The second-order valence-corrected chi connectivity index (χ2v) is 6.58. The van der Waals surface area contributed by atoms with Gasteiger partial charge in [0.15, 0.2) is 0 Å². The van der Waals surface area contributed by atoms with E-state index in [1.165, 1.54) is 0 Å². The van der Waals surface area contributed by atoms with Gasteiger partial charge in [-0.05, 0) is 39.8 Å². The highest BCUT2D eigenvalue weighted by molar-refractivity contribution is 5.93. The van der Waals surface area contributed by atoms with Gasteiger partial charge in [-0.3, -0.25) is 4.79 Å². The Morgan fingerprint density at radius 1 is 1.08 bits per heavy atom. The lowest BCUT2D eigenvalue weighted by Crippen LogP contribution is -2.41. The lowest BCUT2D eigenvalue weighted by molar-refractivity contribution is 0.0914. The molecule has 0 unspecified atom stereocenters. The van der Waals surface area contributed by atoms with Crippen LogP contribution in [0.2, 0.25) is 0 Å². The summed E-state index contributed by atoms with van der Waals surface area (Å²) in [6.07, 6.45) is 0. The van der Waals surface area contributed by atoms with E-state index in [0.29, 0.717) is 34.5 Å². The van der Waals surface area contributed by atoms with Gasteiger partial charge in [0.25, 0.3) is 5.91 Å². The van der Waals surface area contributed by atoms with Gasteiger partial charge >= 0.3 is 0 Å². The summed E-state index contributed by atoms with van der Waals surface area (Å²) in [5.74, 6) is 2.05. The number of benzene rings is 1. The quantitative estimate of drug-likeness (QED) is 0.867. The van der Waals surface area contributed by atoms with Crippen LogP contribution >= 0.6 is 0 Å². The zero-order valence-electron chi connectivity index (χ0n) is 15.4. The van der Waals surface area contributed by atoms with Gasteiger partial charge in [0, 0.05) is 17.7 Å². The van der Waals surface area contributed by atoms with Crippen molar-refractivity contribution in [3.05, 3.63) is 35.8 Å². The minimum absolute atomic E-state index is 0.247. The molecule has 0 radical (unpaired) electrons. The molecule has 0 saturated carbocycles. The van der Waals surface area contributed by atoms with Gasteiger partial charge in [0.2, 0.25) is 0 Å². The van der Waals surface area contributed by atoms with Gasteiger partial charge in [-0.1, -0.05) is 0 Å². The number of nitrogens with zero attached hydrogens (tertiary/aromatic N) is 2. The van der Waals surface area contributed by atoms with Crippen LogP contribution in [0.4, 0.5) is 11.5 Å². The number of carbonyl (C=O) groups excluding carboxylic acids is 1. The molecule has 0 saturated heterocycles. The largest absolute Gasteiger partial charge is 0.497 e. The lowest BCUT2D eigenvalue weighted by Gasteiger charge is -2.20. The highest BCUT2D eigenvalue weighted by Crippen LogP contribution is 2.31. The van der Waals surface area contributed by atoms with Crippen LogP contribution in [0.15, 0.2) is 24.3 Å². The maximum absolute atomic E-state index is 12.4. The van der Waals surface area contributed by atoms with Crippen molar-refractivity contribution in [3.8, 4) is 11.5 Å². The normalized spacial score (nSPS) is 11.0. The number of aromatic nitrogens is 2. The van der Waals surface area contributed by atoms with Crippen LogP contribution in [0.1, 0.15) is 37.1 Å². The zero-order chi connectivity index (χ0) is 18.6. The lowest BCUT2D eigenvalue weighted by atomic mass is 10.1. The molecule has 7 heteroatoms. The van der Waals surface area contributed by atoms with E-state index in [4.69, 9.17) is 9.47 Å². The summed E-state index contributed by atoms with van der Waals surface area (Å²) < 4.78 is 10.6. The van der Waals surface area contributed by atoms with Crippen molar-refractivity contribution in [2.45, 2.75) is 33.2 Å². The van der Waals surface area contributed by atoms with E-state index >= 15 is 0 Å². The average molecular weight is 344 g/mol. The first kappa shape index (κ1) is 18.5. The molecule has 2 aromatic rings. The third kappa shape index (κ3) is 5.07. The topological polar surface area (TPSA) is 85.4 Å². The molecule has 0 aliphatic rings. The van der Waals surface area contributed by atoms with Crippen molar-refractivity contribution in [1.29, 1.82) is 0 Å². The van der Waals surface area contributed by atoms with E-state index in [-0.39, 0.29) is 11.4 Å². The first-order chi connectivity index (χ1) is 11.7. The molecular weight excluding hydrogens is 320 g/mol. The summed E-state index contributed by atoms with van der Waals surface area (Å²) in [6.45, 7) is 7.49. The summed E-state index contributed by atoms with van der Waals surface area (Å²) in [6, 6.07) is 7.01. The smallest absolute Gasteiger partial charge is 0.270 e. The second kappa shape index (κ2) is 7.38. The second-order valence-electron chi connectivity index (χ2n) is 6.58. The first-order valence-corrected chi connectivity index (χ1v) is 7.89. The fourth-order valence-corrected chi connectivity index (χ4v) is 2.19. The summed E-state index contributed by atoms with van der Waals surface area (Å²) in [5, 5.41) is 6.06. The zero-order valence-corrected chi connectivity index (χ0v) is 15.4. The molecule has 1 heterocycles. The van der Waals surface area contributed by atoms with E-state index in [9.17, 15) is 4.79 Å². The Hall–Kier alpha value is -2.83. The van der Waals surface area contributed by atoms with Crippen molar-refractivity contribution in [2.75, 3.05) is 19.5 Å². The Bertz CT molecular complexity index is 769. The number of rotatable bonds is 5. The molecule has 134 valence electrons. The van der Waals surface area contributed by atoms with Gasteiger partial charge in [0.1, 0.15) is 28.8 Å². The van der Waals surface area contributed by atoms with Crippen molar-refractivity contribution in [2.24, 2.45) is 0 Å². The number of methoxy groups -OCH3 is 2. The molecular formula is C18H24N4O3. The third-order valence-electron chi connectivity index (χ3n) is 3.23. The Labute approximate surface area is 147 Å². The molecule has 25 heavy (non-hydrogen) atoms. The SMILES string of the molecule is COc1ccc(Nc2cc(C(=O)NC(C)(C)C)nc(C)n2)c(OC)c1. The Balaban J connectivity index is 2.30. The maximum atomic E-state index is 12.4. The number of hydrogen-bond donors (Lipinski definition) is 2. The number of anilines is 2. The Morgan fingerprint density at radius 2 is 1.80 bits per heavy atom. The van der Waals surface area contributed by atoms with Crippen LogP contribution in [0, 0.1) is 6.92 Å².